The van der Waals surface area contributed by atoms with E-state index in [1.807, 2.05) is 35.8 Å². The molecule has 1 aliphatic heterocycles. The molecule has 3 N–H and O–H groups in total. The lowest BCUT2D eigenvalue weighted by Crippen LogP contribution is -2.49. The molecule has 4 aromatic rings. The van der Waals surface area contributed by atoms with Crippen molar-refractivity contribution in [2.75, 3.05) is 10.6 Å². The molecule has 1 aliphatic rings. The molecule has 0 saturated heterocycles. The quantitative estimate of drug-likeness (QED) is 0.182. The molecule has 11 heteroatoms. The molecule has 1 atom stereocenters. The van der Waals surface area contributed by atoms with Crippen molar-refractivity contribution >= 4 is 41.3 Å². The number of halogens is 1. The molecule has 0 aliphatic carbocycles. The maximum Gasteiger partial charge on any atom is 0.408 e. The number of rotatable bonds is 9. The molecule has 1 aromatic heterocycles. The maximum atomic E-state index is 14.0. The molecule has 47 heavy (non-hydrogen) atoms. The average molecular weight is 639 g/mol. The van der Waals surface area contributed by atoms with Gasteiger partial charge in [-0.1, -0.05) is 36.8 Å². The van der Waals surface area contributed by atoms with Gasteiger partial charge in [-0.15, -0.1) is 0 Å². The van der Waals surface area contributed by atoms with Crippen LogP contribution in [-0.4, -0.2) is 44.0 Å². The van der Waals surface area contributed by atoms with Crippen molar-refractivity contribution in [3.63, 3.8) is 0 Å². The van der Waals surface area contributed by atoms with Crippen LogP contribution in [0.2, 0.25) is 0 Å². The topological polar surface area (TPSA) is 118 Å². The second kappa shape index (κ2) is 13.9. The minimum atomic E-state index is -0.964. The van der Waals surface area contributed by atoms with Crippen LogP contribution >= 0.6 is 0 Å². The Labute approximate surface area is 273 Å². The Morgan fingerprint density at radius 1 is 0.936 bits per heavy atom. The maximum absolute atomic E-state index is 14.0. The van der Waals surface area contributed by atoms with E-state index < -0.39 is 17.7 Å². The summed E-state index contributed by atoms with van der Waals surface area (Å²) < 4.78 is 21.1. The van der Waals surface area contributed by atoms with Gasteiger partial charge in [-0.2, -0.15) is 0 Å². The lowest BCUT2D eigenvalue weighted by Gasteiger charge is -2.28. The van der Waals surface area contributed by atoms with Gasteiger partial charge in [-0.3, -0.25) is 14.2 Å². The number of carbonyl (C=O) groups excluding carboxylic acids is 3. The number of carbonyl (C=O) groups is 3. The second-order valence-electron chi connectivity index (χ2n) is 12.4. The van der Waals surface area contributed by atoms with E-state index in [4.69, 9.17) is 9.72 Å². The van der Waals surface area contributed by atoms with E-state index in [2.05, 4.69) is 16.0 Å². The van der Waals surface area contributed by atoms with Gasteiger partial charge in [0.1, 0.15) is 34.8 Å². The number of nitrogens with zero attached hydrogens (tertiary/aromatic N) is 3. The molecule has 1 unspecified atom stereocenters. The third kappa shape index (κ3) is 8.43. The molecule has 3 amide bonds. The highest BCUT2D eigenvalue weighted by molar-refractivity contribution is 5.90. The van der Waals surface area contributed by atoms with Crippen LogP contribution in [0, 0.1) is 12.7 Å². The van der Waals surface area contributed by atoms with Crippen molar-refractivity contribution in [3.8, 4) is 11.3 Å². The van der Waals surface area contributed by atoms with Crippen molar-refractivity contribution < 1.29 is 23.5 Å². The Morgan fingerprint density at radius 2 is 1.60 bits per heavy atom. The summed E-state index contributed by atoms with van der Waals surface area (Å²) in [6, 6.07) is 20.2. The Bertz CT molecular complexity index is 1770. The van der Waals surface area contributed by atoms with Crippen LogP contribution in [-0.2, 0) is 27.3 Å². The predicted octanol–water partition coefficient (Wildman–Crippen LogP) is 7.00. The van der Waals surface area contributed by atoms with E-state index in [1.165, 1.54) is 17.0 Å². The fourth-order valence-corrected chi connectivity index (χ4v) is 5.02. The summed E-state index contributed by atoms with van der Waals surface area (Å²) in [5.74, 6) is 0.416. The molecule has 0 bridgehead atoms. The zero-order valence-electron chi connectivity index (χ0n) is 27.1. The number of aromatic nitrogens is 2. The number of alkyl carbamates (subject to hydrolysis) is 1. The zero-order valence-corrected chi connectivity index (χ0v) is 27.1. The lowest BCUT2D eigenvalue weighted by atomic mass is 10.0. The highest BCUT2D eigenvalue weighted by Crippen LogP contribution is 2.34. The monoisotopic (exact) mass is 638 g/mol. The molecular formula is C36H39FN6O4. The van der Waals surface area contributed by atoms with Gasteiger partial charge in [-0.25, -0.2) is 14.2 Å². The number of nitrogens with one attached hydrogen (secondary N) is 3. The number of amides is 3. The number of imidazole rings is 1. The first-order valence-corrected chi connectivity index (χ1v) is 15.5. The summed E-state index contributed by atoms with van der Waals surface area (Å²) in [6.45, 7) is 9.15. The van der Waals surface area contributed by atoms with Gasteiger partial charge in [0, 0.05) is 42.2 Å². The zero-order chi connectivity index (χ0) is 33.7. The smallest absolute Gasteiger partial charge is 0.408 e. The van der Waals surface area contributed by atoms with Crippen LogP contribution in [0.25, 0.3) is 17.5 Å². The molecule has 0 saturated carbocycles. The summed E-state index contributed by atoms with van der Waals surface area (Å²) in [6.07, 6.45) is 3.21. The molecular weight excluding hydrogens is 599 g/mol. The molecule has 2 heterocycles. The minimum absolute atomic E-state index is 0.104. The Kier molecular flexibility index (Phi) is 9.74. The Balaban J connectivity index is 1.42. The van der Waals surface area contributed by atoms with Gasteiger partial charge in [0.05, 0.1) is 6.54 Å². The predicted molar refractivity (Wildman–Crippen MR) is 180 cm³/mol. The first kappa shape index (κ1) is 32.9. The van der Waals surface area contributed by atoms with Gasteiger partial charge in [0.2, 0.25) is 11.8 Å². The van der Waals surface area contributed by atoms with Gasteiger partial charge in [0.25, 0.3) is 0 Å². The van der Waals surface area contributed by atoms with Crippen LogP contribution < -0.4 is 16.0 Å². The van der Waals surface area contributed by atoms with Gasteiger partial charge in [-0.05, 0) is 81.8 Å². The van der Waals surface area contributed by atoms with Gasteiger partial charge < -0.3 is 25.6 Å². The molecule has 0 spiro atoms. The molecule has 244 valence electrons. The van der Waals surface area contributed by atoms with E-state index in [9.17, 15) is 18.8 Å². The van der Waals surface area contributed by atoms with Crippen LogP contribution in [0.3, 0.4) is 0 Å². The third-order valence-electron chi connectivity index (χ3n) is 7.39. The van der Waals surface area contributed by atoms with Crippen molar-refractivity contribution in [2.45, 2.75) is 65.6 Å². The lowest BCUT2D eigenvalue weighted by molar-refractivity contribution is -0.131. The largest absolute Gasteiger partial charge is 0.444 e. The van der Waals surface area contributed by atoms with Crippen LogP contribution in [0.4, 0.5) is 26.4 Å². The fraction of sp³-hybridized carbons (Fsp3) is 0.278. The highest BCUT2D eigenvalue weighted by atomic mass is 19.1. The summed E-state index contributed by atoms with van der Waals surface area (Å²) in [7, 11) is 0. The summed E-state index contributed by atoms with van der Waals surface area (Å²) in [5.41, 5.74) is 3.92. The molecule has 0 radical (unpaired) electrons. The average Bonchev–Trinajstić information content (AvgIpc) is 3.39. The number of ether oxygens (including phenoxy) is 1. The van der Waals surface area contributed by atoms with Crippen LogP contribution in [0.1, 0.15) is 51.1 Å². The van der Waals surface area contributed by atoms with Gasteiger partial charge in [0.15, 0.2) is 0 Å². The van der Waals surface area contributed by atoms with Crippen LogP contribution in [0.15, 0.2) is 79.0 Å². The number of aryl methyl sites for hydroxylation is 1. The fourth-order valence-electron chi connectivity index (χ4n) is 5.02. The molecule has 10 nitrogen and oxygen atoms in total. The number of fused-ring (bicyclic) bond motifs is 1. The molecule has 3 aromatic carbocycles. The summed E-state index contributed by atoms with van der Waals surface area (Å²) >= 11 is 0. The van der Waals surface area contributed by atoms with Crippen molar-refractivity contribution in [1.82, 2.24) is 19.8 Å². The van der Waals surface area contributed by atoms with Crippen molar-refractivity contribution in [1.29, 1.82) is 0 Å². The Hall–Kier alpha value is -5.45. The minimum Gasteiger partial charge on any atom is -0.444 e. The van der Waals surface area contributed by atoms with E-state index in [0.29, 0.717) is 35.0 Å². The van der Waals surface area contributed by atoms with Crippen molar-refractivity contribution in [2.24, 2.45) is 0 Å². The molecule has 0 fully saturated rings. The molecule has 5 rings (SSSR count). The highest BCUT2D eigenvalue weighted by Gasteiger charge is 2.31. The van der Waals surface area contributed by atoms with Crippen molar-refractivity contribution in [3.05, 3.63) is 102 Å². The SMILES string of the molecule is CCC(=O)Nc1ccc(CC(NC(=O)OC(C)(C)C)C(=O)N2C=Cn3c(nc(-c4ccc(F)cc4)c3Nc3ccc(C)cc3)C2)cc1. The van der Waals surface area contributed by atoms with E-state index >= 15 is 0 Å². The normalized spacial score (nSPS) is 13.0. The first-order valence-electron chi connectivity index (χ1n) is 15.5. The standard InChI is InChI=1S/C36H39FN6O4/c1-6-31(44)38-27-17-9-24(10-18-27)21-29(40-35(46)47-36(3,4)5)34(45)42-19-20-43-30(22-42)41-32(25-11-13-26(37)14-12-25)33(43)39-28-15-7-23(2)8-16-28/h7-20,29,39H,6,21-22H2,1-5H3,(H,38,44)(H,40,46). The number of hydrogen-bond acceptors (Lipinski definition) is 6. The van der Waals surface area contributed by atoms with Crippen LogP contribution in [0.5, 0.6) is 0 Å². The van der Waals surface area contributed by atoms with E-state index in [0.717, 1.165) is 16.8 Å². The summed E-state index contributed by atoms with van der Waals surface area (Å²) in [5, 5.41) is 9.00. The van der Waals surface area contributed by atoms with Gasteiger partial charge >= 0.3 is 6.09 Å². The first-order chi connectivity index (χ1) is 22.4. The number of benzene rings is 3. The number of hydrogen-bond donors (Lipinski definition) is 3. The van der Waals surface area contributed by atoms with E-state index in [1.54, 1.807) is 76.5 Å². The van der Waals surface area contributed by atoms with E-state index in [-0.39, 0.29) is 30.6 Å². The second-order valence-corrected chi connectivity index (χ2v) is 12.4. The third-order valence-corrected chi connectivity index (χ3v) is 7.39. The Morgan fingerprint density at radius 3 is 2.23 bits per heavy atom. The number of anilines is 3. The summed E-state index contributed by atoms with van der Waals surface area (Å²) in [4.78, 5) is 45.1.